The fraction of sp³-hybridized carbons (Fsp3) is 0.741. The smallest absolute Gasteiger partial charge is 0.240 e. The van der Waals surface area contributed by atoms with Crippen molar-refractivity contribution >= 4 is 29.1 Å². The van der Waals surface area contributed by atoms with Gasteiger partial charge in [-0.3, -0.25) is 14.5 Å². The number of primary amides is 1. The number of aromatic nitrogens is 1. The Morgan fingerprint density at radius 1 is 1.11 bits per heavy atom. The lowest BCUT2D eigenvalue weighted by Crippen LogP contribution is -2.65. The molecule has 1 aromatic rings. The van der Waals surface area contributed by atoms with Gasteiger partial charge in [-0.2, -0.15) is 0 Å². The van der Waals surface area contributed by atoms with Crippen molar-refractivity contribution in [1.82, 2.24) is 15.2 Å². The van der Waals surface area contributed by atoms with Crippen LogP contribution < -0.4 is 16.0 Å². The Bertz CT molecular complexity index is 997. The van der Waals surface area contributed by atoms with E-state index in [1.807, 2.05) is 12.3 Å². The molecule has 35 heavy (non-hydrogen) atoms. The van der Waals surface area contributed by atoms with E-state index < -0.39 is 5.54 Å². The van der Waals surface area contributed by atoms with Gasteiger partial charge >= 0.3 is 0 Å². The van der Waals surface area contributed by atoms with Crippen molar-refractivity contribution in [1.29, 1.82) is 0 Å². The van der Waals surface area contributed by atoms with Crippen molar-refractivity contribution in [3.05, 3.63) is 23.5 Å². The number of nitrogens with one attached hydrogen (secondary N) is 1. The first-order valence-corrected chi connectivity index (χ1v) is 13.8. The van der Waals surface area contributed by atoms with Crippen molar-refractivity contribution in [2.75, 3.05) is 18.0 Å². The van der Waals surface area contributed by atoms with Gasteiger partial charge in [0.05, 0.1) is 17.4 Å². The van der Waals surface area contributed by atoms with E-state index in [4.69, 9.17) is 17.3 Å². The molecule has 3 heterocycles. The van der Waals surface area contributed by atoms with Gasteiger partial charge in [-0.15, -0.1) is 0 Å². The van der Waals surface area contributed by atoms with E-state index in [1.54, 1.807) is 0 Å². The van der Waals surface area contributed by atoms with Gasteiger partial charge < -0.3 is 16.0 Å². The maximum Gasteiger partial charge on any atom is 0.240 e. The van der Waals surface area contributed by atoms with Gasteiger partial charge in [-0.25, -0.2) is 4.98 Å². The number of rotatable bonds is 5. The Labute approximate surface area is 213 Å². The highest BCUT2D eigenvalue weighted by atomic mass is 35.5. The van der Waals surface area contributed by atoms with Crippen LogP contribution in [0.2, 0.25) is 5.15 Å². The summed E-state index contributed by atoms with van der Waals surface area (Å²) in [5.41, 5.74) is 6.08. The fourth-order valence-corrected chi connectivity index (χ4v) is 8.67. The number of pyridine rings is 1. The molecule has 2 aliphatic heterocycles. The van der Waals surface area contributed by atoms with Gasteiger partial charge in [0, 0.05) is 36.6 Å². The van der Waals surface area contributed by atoms with Crippen LogP contribution in [0.25, 0.3) is 0 Å². The normalized spacial score (nSPS) is 38.4. The van der Waals surface area contributed by atoms with Crippen molar-refractivity contribution in [2.45, 2.75) is 88.9 Å². The summed E-state index contributed by atoms with van der Waals surface area (Å²) < 4.78 is 0. The van der Waals surface area contributed by atoms with Gasteiger partial charge in [0.15, 0.2) is 0 Å². The molecule has 6 aliphatic rings. The summed E-state index contributed by atoms with van der Waals surface area (Å²) >= 11 is 6.03. The largest absolute Gasteiger partial charge is 0.369 e. The van der Waals surface area contributed by atoms with Crippen molar-refractivity contribution in [3.8, 4) is 0 Å². The predicted molar refractivity (Wildman–Crippen MR) is 136 cm³/mol. The minimum atomic E-state index is -0.593. The van der Waals surface area contributed by atoms with Gasteiger partial charge in [-0.1, -0.05) is 11.6 Å². The van der Waals surface area contributed by atoms with E-state index in [0.717, 1.165) is 63.7 Å². The topological polar surface area (TPSA) is 91.6 Å². The molecule has 7 rings (SSSR count). The number of nitrogens with zero attached hydrogens (tertiary/aromatic N) is 3. The molecule has 6 bridgehead atoms. The number of hydrogen-bond donors (Lipinski definition) is 2. The summed E-state index contributed by atoms with van der Waals surface area (Å²) in [6.45, 7) is 5.93. The maximum absolute atomic E-state index is 13.8. The second-order valence-electron chi connectivity index (χ2n) is 12.5. The van der Waals surface area contributed by atoms with Crippen molar-refractivity contribution < 1.29 is 9.59 Å². The molecule has 0 aromatic carbocycles. The first-order chi connectivity index (χ1) is 16.7. The predicted octanol–water partition coefficient (Wildman–Crippen LogP) is 3.35. The molecular weight excluding hydrogens is 462 g/mol. The third-order valence-electron chi connectivity index (χ3n) is 10.2. The number of anilines is 1. The number of carbonyl (C=O) groups is 2. The van der Waals surface area contributed by atoms with E-state index in [1.165, 1.54) is 6.42 Å². The first kappa shape index (κ1) is 23.5. The molecule has 0 radical (unpaired) electrons. The number of carbonyl (C=O) groups excluding carboxylic acids is 2. The second kappa shape index (κ2) is 8.34. The second-order valence-corrected chi connectivity index (χ2v) is 12.9. The first-order valence-electron chi connectivity index (χ1n) is 13.4. The Kier molecular flexibility index (Phi) is 5.61. The SMILES string of the molecule is CC(C)(C(=O)NC1C2CC3CC1CC(C(N)=O)(C3)C2)N1CCC2CCC(C1)N2c1ccc(Cl)nc1. The van der Waals surface area contributed by atoms with Crippen LogP contribution in [0.15, 0.2) is 18.3 Å². The molecule has 2 amide bonds. The summed E-state index contributed by atoms with van der Waals surface area (Å²) in [7, 11) is 0. The van der Waals surface area contributed by atoms with Crippen LogP contribution >= 0.6 is 11.6 Å². The molecule has 4 aliphatic carbocycles. The van der Waals surface area contributed by atoms with Crippen LogP contribution in [0.3, 0.4) is 0 Å². The van der Waals surface area contributed by atoms with Gasteiger partial charge in [0.1, 0.15) is 5.15 Å². The number of fused-ring (bicyclic) bond motifs is 2. The fourth-order valence-electron chi connectivity index (χ4n) is 8.56. The van der Waals surface area contributed by atoms with Crippen molar-refractivity contribution in [3.63, 3.8) is 0 Å². The van der Waals surface area contributed by atoms with E-state index >= 15 is 0 Å². The highest BCUT2D eigenvalue weighted by Crippen LogP contribution is 2.60. The molecule has 4 unspecified atom stereocenters. The number of likely N-dealkylation sites (tertiary alicyclic amines) is 1. The van der Waals surface area contributed by atoms with Gasteiger partial charge in [0.2, 0.25) is 11.8 Å². The molecule has 8 heteroatoms. The lowest BCUT2D eigenvalue weighted by molar-refractivity contribution is -0.149. The highest BCUT2D eigenvalue weighted by molar-refractivity contribution is 6.29. The van der Waals surface area contributed by atoms with E-state index in [-0.39, 0.29) is 23.3 Å². The quantitative estimate of drug-likeness (QED) is 0.606. The molecule has 4 saturated carbocycles. The third kappa shape index (κ3) is 3.85. The maximum atomic E-state index is 13.8. The number of amides is 2. The molecule has 0 spiro atoms. The van der Waals surface area contributed by atoms with E-state index in [9.17, 15) is 9.59 Å². The summed E-state index contributed by atoms with van der Waals surface area (Å²) in [4.78, 5) is 35.3. The minimum absolute atomic E-state index is 0.123. The minimum Gasteiger partial charge on any atom is -0.369 e. The lowest BCUT2D eigenvalue weighted by atomic mass is 9.47. The zero-order valence-corrected chi connectivity index (χ0v) is 21.6. The lowest BCUT2D eigenvalue weighted by Gasteiger charge is -2.59. The zero-order valence-electron chi connectivity index (χ0n) is 20.9. The molecule has 2 saturated heterocycles. The van der Waals surface area contributed by atoms with Crippen LogP contribution in [0.5, 0.6) is 0 Å². The molecule has 190 valence electrons. The van der Waals surface area contributed by atoms with Crippen LogP contribution in [0.4, 0.5) is 5.69 Å². The molecule has 4 atom stereocenters. The van der Waals surface area contributed by atoms with E-state index in [2.05, 4.69) is 40.0 Å². The highest BCUT2D eigenvalue weighted by Gasteiger charge is 2.58. The van der Waals surface area contributed by atoms with Crippen LogP contribution in [0.1, 0.15) is 65.2 Å². The van der Waals surface area contributed by atoms with Crippen LogP contribution in [-0.4, -0.2) is 58.5 Å². The number of halogens is 1. The summed E-state index contributed by atoms with van der Waals surface area (Å²) in [6, 6.07) is 4.95. The van der Waals surface area contributed by atoms with Crippen molar-refractivity contribution in [2.24, 2.45) is 28.9 Å². The van der Waals surface area contributed by atoms with Gasteiger partial charge in [0.25, 0.3) is 0 Å². The summed E-state index contributed by atoms with van der Waals surface area (Å²) in [6.07, 6.45) is 10.1. The average Bonchev–Trinajstić information content (AvgIpc) is 3.09. The summed E-state index contributed by atoms with van der Waals surface area (Å²) in [5.74, 6) is 1.35. The Hall–Kier alpha value is -1.86. The number of hydrogen-bond acceptors (Lipinski definition) is 5. The standard InChI is InChI=1S/C27H38ClN5O2/c1-26(2,25(35)31-23-17-9-16-10-18(23)13-27(11-16,12-17)24(29)34)32-8-7-19-3-4-21(15-32)33(19)20-5-6-22(28)30-14-20/h5-6,14,16-19,21,23H,3-4,7-13,15H2,1-2H3,(H2,29,34)(H,31,35). The monoisotopic (exact) mass is 499 g/mol. The zero-order chi connectivity index (χ0) is 24.5. The Morgan fingerprint density at radius 2 is 1.83 bits per heavy atom. The molecule has 6 fully saturated rings. The van der Waals surface area contributed by atoms with E-state index in [0.29, 0.717) is 35.0 Å². The third-order valence-corrected chi connectivity index (χ3v) is 10.5. The van der Waals surface area contributed by atoms with Crippen LogP contribution in [-0.2, 0) is 9.59 Å². The Morgan fingerprint density at radius 3 is 2.49 bits per heavy atom. The summed E-state index contributed by atoms with van der Waals surface area (Å²) in [5, 5.41) is 4.01. The average molecular weight is 500 g/mol. The van der Waals surface area contributed by atoms with Crippen LogP contribution in [0, 0.1) is 23.2 Å². The molecule has 7 nitrogen and oxygen atoms in total. The number of nitrogens with two attached hydrogens (primary N) is 1. The molecule has 1 aromatic heterocycles. The molecular formula is C27H38ClN5O2. The Balaban J connectivity index is 1.16. The van der Waals surface area contributed by atoms with Gasteiger partial charge in [-0.05, 0) is 95.1 Å². The molecule has 3 N–H and O–H groups in total.